The van der Waals surface area contributed by atoms with Crippen LogP contribution in [0.25, 0.3) is 11.0 Å². The maximum atomic E-state index is 13.9. The van der Waals surface area contributed by atoms with E-state index in [4.69, 9.17) is 5.73 Å². The molecule has 3 N–H and O–H groups in total. The average molecular weight is 274 g/mol. The van der Waals surface area contributed by atoms with E-state index in [9.17, 15) is 13.6 Å². The van der Waals surface area contributed by atoms with Crippen LogP contribution >= 0.6 is 0 Å². The number of nitrogen functional groups attached to an aromatic ring is 1. The highest BCUT2D eigenvalue weighted by atomic mass is 19.1. The van der Waals surface area contributed by atoms with E-state index in [2.05, 4.69) is 15.2 Å². The monoisotopic (exact) mass is 274 g/mol. The zero-order valence-electron chi connectivity index (χ0n) is 10.0. The van der Waals surface area contributed by atoms with Crippen molar-refractivity contribution in [3.63, 3.8) is 0 Å². The Kier molecular flexibility index (Phi) is 2.67. The van der Waals surface area contributed by atoms with Crippen molar-refractivity contribution in [1.82, 2.24) is 15.2 Å². The molecule has 0 saturated carbocycles. The second-order valence-electron chi connectivity index (χ2n) is 4.13. The van der Waals surface area contributed by atoms with Crippen LogP contribution in [0.15, 0.2) is 30.5 Å². The standard InChI is InChI=1S/C13H8F2N4O/c14-7-3-4-8(16)10(15)9(7)12(20)11-6-2-1-5-17-13(6)19-18-11/h1-5H,16H2,(H,17,18,19). The molecule has 0 saturated heterocycles. The molecule has 0 aliphatic rings. The molecule has 7 heteroatoms. The van der Waals surface area contributed by atoms with Gasteiger partial charge in [-0.25, -0.2) is 13.8 Å². The minimum absolute atomic E-state index is 0.0310. The molecule has 2 aromatic heterocycles. The topological polar surface area (TPSA) is 84.7 Å². The number of H-pyrrole nitrogens is 1. The van der Waals surface area contributed by atoms with Gasteiger partial charge in [0.15, 0.2) is 11.5 Å². The molecule has 3 aromatic rings. The fourth-order valence-electron chi connectivity index (χ4n) is 1.93. The Hall–Kier alpha value is -2.83. The molecule has 2 heterocycles. The van der Waals surface area contributed by atoms with Crippen molar-refractivity contribution in [2.24, 2.45) is 0 Å². The van der Waals surface area contributed by atoms with Gasteiger partial charge in [-0.05, 0) is 24.3 Å². The largest absolute Gasteiger partial charge is 0.396 e. The quantitative estimate of drug-likeness (QED) is 0.553. The number of hydrogen-bond donors (Lipinski definition) is 2. The van der Waals surface area contributed by atoms with Crippen LogP contribution < -0.4 is 5.73 Å². The number of benzene rings is 1. The van der Waals surface area contributed by atoms with Crippen molar-refractivity contribution in [2.45, 2.75) is 0 Å². The van der Waals surface area contributed by atoms with E-state index in [0.717, 1.165) is 12.1 Å². The van der Waals surface area contributed by atoms with Crippen LogP contribution in [-0.4, -0.2) is 21.0 Å². The van der Waals surface area contributed by atoms with E-state index in [-0.39, 0.29) is 11.4 Å². The van der Waals surface area contributed by atoms with Gasteiger partial charge in [-0.2, -0.15) is 5.10 Å². The van der Waals surface area contributed by atoms with Gasteiger partial charge in [0, 0.05) is 6.20 Å². The summed E-state index contributed by atoms with van der Waals surface area (Å²) in [5.41, 5.74) is 4.62. The van der Waals surface area contributed by atoms with E-state index < -0.39 is 23.0 Å². The van der Waals surface area contributed by atoms with Crippen molar-refractivity contribution < 1.29 is 13.6 Å². The Morgan fingerprint density at radius 1 is 1.25 bits per heavy atom. The first kappa shape index (κ1) is 12.2. The maximum Gasteiger partial charge on any atom is 0.217 e. The average Bonchev–Trinajstić information content (AvgIpc) is 2.87. The number of halogens is 2. The predicted octanol–water partition coefficient (Wildman–Crippen LogP) is 2.05. The molecular weight excluding hydrogens is 266 g/mol. The van der Waals surface area contributed by atoms with E-state index in [1.807, 2.05) is 0 Å². The molecule has 5 nitrogen and oxygen atoms in total. The van der Waals surface area contributed by atoms with E-state index in [0.29, 0.717) is 11.0 Å². The highest BCUT2D eigenvalue weighted by molar-refractivity contribution is 6.14. The zero-order chi connectivity index (χ0) is 14.3. The smallest absolute Gasteiger partial charge is 0.217 e. The summed E-state index contributed by atoms with van der Waals surface area (Å²) in [5.74, 6) is -2.92. The Balaban J connectivity index is 2.21. The Bertz CT molecular complexity index is 828. The second kappa shape index (κ2) is 4.37. The van der Waals surface area contributed by atoms with Gasteiger partial charge >= 0.3 is 0 Å². The normalized spacial score (nSPS) is 10.9. The van der Waals surface area contributed by atoms with Crippen molar-refractivity contribution in [1.29, 1.82) is 0 Å². The molecule has 0 aliphatic heterocycles. The molecule has 0 radical (unpaired) electrons. The molecule has 20 heavy (non-hydrogen) atoms. The van der Waals surface area contributed by atoms with Crippen LogP contribution in [0.3, 0.4) is 0 Å². The third-order valence-electron chi connectivity index (χ3n) is 2.90. The molecule has 3 rings (SSSR count). The first-order chi connectivity index (χ1) is 9.59. The van der Waals surface area contributed by atoms with E-state index in [1.54, 1.807) is 12.1 Å². The fourth-order valence-corrected chi connectivity index (χ4v) is 1.93. The lowest BCUT2D eigenvalue weighted by Crippen LogP contribution is -2.10. The van der Waals surface area contributed by atoms with Crippen molar-refractivity contribution in [2.75, 3.05) is 5.73 Å². The maximum absolute atomic E-state index is 13.9. The summed E-state index contributed by atoms with van der Waals surface area (Å²) in [5, 5.41) is 6.65. The number of carbonyl (C=O) groups is 1. The van der Waals surface area contributed by atoms with Gasteiger partial charge in [0.1, 0.15) is 11.5 Å². The van der Waals surface area contributed by atoms with Gasteiger partial charge in [0.25, 0.3) is 0 Å². The molecule has 0 amide bonds. The van der Waals surface area contributed by atoms with Gasteiger partial charge in [-0.15, -0.1) is 0 Å². The van der Waals surface area contributed by atoms with Crippen molar-refractivity contribution in [3.8, 4) is 0 Å². The van der Waals surface area contributed by atoms with Crippen LogP contribution in [0.4, 0.5) is 14.5 Å². The number of nitrogens with two attached hydrogens (primary N) is 1. The Morgan fingerprint density at radius 3 is 2.85 bits per heavy atom. The number of nitrogens with one attached hydrogen (secondary N) is 1. The lowest BCUT2D eigenvalue weighted by Gasteiger charge is -2.05. The molecule has 1 aromatic carbocycles. The summed E-state index contributed by atoms with van der Waals surface area (Å²) < 4.78 is 27.6. The number of aromatic nitrogens is 3. The molecule has 0 spiro atoms. The van der Waals surface area contributed by atoms with Gasteiger partial charge in [-0.1, -0.05) is 0 Å². The predicted molar refractivity (Wildman–Crippen MR) is 68.1 cm³/mol. The number of nitrogens with zero attached hydrogens (tertiary/aromatic N) is 2. The summed E-state index contributed by atoms with van der Waals surface area (Å²) in [6.45, 7) is 0. The van der Waals surface area contributed by atoms with E-state index in [1.165, 1.54) is 6.20 Å². The molecule has 0 atom stereocenters. The van der Waals surface area contributed by atoms with Gasteiger partial charge in [-0.3, -0.25) is 9.89 Å². The van der Waals surface area contributed by atoms with Crippen molar-refractivity contribution in [3.05, 3.63) is 53.4 Å². The molecule has 0 unspecified atom stereocenters. The van der Waals surface area contributed by atoms with Crippen LogP contribution in [0.1, 0.15) is 16.1 Å². The third-order valence-corrected chi connectivity index (χ3v) is 2.90. The number of carbonyl (C=O) groups excluding carboxylic acids is 1. The molecule has 0 fully saturated rings. The van der Waals surface area contributed by atoms with Gasteiger partial charge in [0.2, 0.25) is 5.78 Å². The van der Waals surface area contributed by atoms with Gasteiger partial charge < -0.3 is 5.73 Å². The number of ketones is 1. The molecule has 0 bridgehead atoms. The SMILES string of the molecule is Nc1ccc(F)c(C(=O)c2[nH]nc3ncccc23)c1F. The molecule has 100 valence electrons. The molecule has 0 aliphatic carbocycles. The second-order valence-corrected chi connectivity index (χ2v) is 4.13. The van der Waals surface area contributed by atoms with Crippen LogP contribution in [0.2, 0.25) is 0 Å². The molecular formula is C13H8F2N4O. The van der Waals surface area contributed by atoms with Crippen LogP contribution in [0.5, 0.6) is 0 Å². The minimum Gasteiger partial charge on any atom is -0.396 e. The Labute approximate surface area is 111 Å². The van der Waals surface area contributed by atoms with Crippen molar-refractivity contribution >= 4 is 22.5 Å². The summed E-state index contributed by atoms with van der Waals surface area (Å²) in [7, 11) is 0. The number of aromatic amines is 1. The number of rotatable bonds is 2. The van der Waals surface area contributed by atoms with Crippen LogP contribution in [-0.2, 0) is 0 Å². The van der Waals surface area contributed by atoms with E-state index >= 15 is 0 Å². The summed E-state index contributed by atoms with van der Waals surface area (Å²) >= 11 is 0. The summed E-state index contributed by atoms with van der Waals surface area (Å²) in [4.78, 5) is 16.2. The lowest BCUT2D eigenvalue weighted by molar-refractivity contribution is 0.102. The summed E-state index contributed by atoms with van der Waals surface area (Å²) in [6.07, 6.45) is 1.50. The third kappa shape index (κ3) is 1.71. The minimum atomic E-state index is -1.08. The first-order valence-electron chi connectivity index (χ1n) is 5.67. The Morgan fingerprint density at radius 2 is 2.05 bits per heavy atom. The highest BCUT2D eigenvalue weighted by Crippen LogP contribution is 2.23. The number of hydrogen-bond acceptors (Lipinski definition) is 4. The highest BCUT2D eigenvalue weighted by Gasteiger charge is 2.24. The lowest BCUT2D eigenvalue weighted by atomic mass is 10.0. The number of pyridine rings is 1. The number of fused-ring (bicyclic) bond motifs is 1. The zero-order valence-corrected chi connectivity index (χ0v) is 10.0. The first-order valence-corrected chi connectivity index (χ1v) is 5.67. The number of anilines is 1. The summed E-state index contributed by atoms with van der Waals surface area (Å²) in [6, 6.07) is 5.19. The van der Waals surface area contributed by atoms with Crippen LogP contribution in [0, 0.1) is 11.6 Å². The fraction of sp³-hybridized carbons (Fsp3) is 0. The van der Waals surface area contributed by atoms with Gasteiger partial charge in [0.05, 0.1) is 16.6 Å².